The van der Waals surface area contributed by atoms with Gasteiger partial charge in [-0.15, -0.1) is 0 Å². The van der Waals surface area contributed by atoms with E-state index in [4.69, 9.17) is 15.2 Å². The van der Waals surface area contributed by atoms with E-state index in [1.165, 1.54) is 18.9 Å². The lowest BCUT2D eigenvalue weighted by Crippen LogP contribution is -2.28. The molecule has 3 N–H and O–H groups in total. The first-order chi connectivity index (χ1) is 13.4. The van der Waals surface area contributed by atoms with Crippen LogP contribution in [0.5, 0.6) is 5.75 Å². The van der Waals surface area contributed by atoms with Crippen molar-refractivity contribution in [1.82, 2.24) is 4.72 Å². The van der Waals surface area contributed by atoms with Gasteiger partial charge in [-0.25, -0.2) is 17.5 Å². The van der Waals surface area contributed by atoms with Crippen LogP contribution < -0.4 is 15.2 Å². The third kappa shape index (κ3) is 8.99. The molecule has 0 unspecified atom stereocenters. The van der Waals surface area contributed by atoms with E-state index < -0.39 is 16.0 Å². The molecule has 2 rings (SSSR count). The van der Waals surface area contributed by atoms with E-state index in [1.807, 2.05) is 0 Å². The first-order valence-corrected chi connectivity index (χ1v) is 11.3. The maximum absolute atomic E-state index is 13.9. The molecule has 1 aliphatic rings. The molecule has 28 heavy (non-hydrogen) atoms. The molecule has 0 amide bonds. The van der Waals surface area contributed by atoms with Crippen LogP contribution in [0.3, 0.4) is 0 Å². The summed E-state index contributed by atoms with van der Waals surface area (Å²) in [6.45, 7) is 0.846. The lowest BCUT2D eigenvalue weighted by molar-refractivity contribution is -0.142. The lowest BCUT2D eigenvalue weighted by Gasteiger charge is -2.10. The van der Waals surface area contributed by atoms with E-state index in [2.05, 4.69) is 4.72 Å². The van der Waals surface area contributed by atoms with Crippen molar-refractivity contribution in [2.75, 3.05) is 32.1 Å². The highest BCUT2D eigenvalue weighted by molar-refractivity contribution is 7.89. The fourth-order valence-corrected chi connectivity index (χ4v) is 3.70. The quantitative estimate of drug-likeness (QED) is 0.353. The van der Waals surface area contributed by atoms with Crippen molar-refractivity contribution in [3.05, 3.63) is 29.6 Å². The van der Waals surface area contributed by atoms with E-state index in [0.29, 0.717) is 43.1 Å². The van der Waals surface area contributed by atoms with Gasteiger partial charge in [0.15, 0.2) is 0 Å². The molecule has 9 heteroatoms. The first kappa shape index (κ1) is 22.6. The Kier molecular flexibility index (Phi) is 9.14. The summed E-state index contributed by atoms with van der Waals surface area (Å²) < 4.78 is 50.9. The van der Waals surface area contributed by atoms with Crippen molar-refractivity contribution in [3.63, 3.8) is 0 Å². The van der Waals surface area contributed by atoms with Crippen molar-refractivity contribution < 1.29 is 27.1 Å². The minimum Gasteiger partial charge on any atom is -0.493 e. The second-order valence-electron chi connectivity index (χ2n) is 6.96. The Bertz CT molecular complexity index is 738. The summed E-state index contributed by atoms with van der Waals surface area (Å²) >= 11 is 0. The highest BCUT2D eigenvalue weighted by Crippen LogP contribution is 2.29. The number of unbranched alkanes of at least 4 members (excludes halogenated alkanes) is 2. The maximum atomic E-state index is 13.9. The lowest BCUT2D eigenvalue weighted by atomic mass is 10.1. The highest BCUT2D eigenvalue weighted by Gasteiger charge is 2.22. The second-order valence-corrected chi connectivity index (χ2v) is 8.88. The Balaban J connectivity index is 1.65. The number of nitrogens with one attached hydrogen (secondary N) is 1. The summed E-state index contributed by atoms with van der Waals surface area (Å²) in [5.41, 5.74) is 5.54. The number of esters is 1. The molecule has 1 fully saturated rings. The topological polar surface area (TPSA) is 108 Å². The van der Waals surface area contributed by atoms with Crippen LogP contribution in [0, 0.1) is 11.7 Å². The number of halogens is 1. The number of carbonyl (C=O) groups is 1. The van der Waals surface area contributed by atoms with Gasteiger partial charge in [0.2, 0.25) is 10.0 Å². The van der Waals surface area contributed by atoms with Gasteiger partial charge in [0.25, 0.3) is 0 Å². The van der Waals surface area contributed by atoms with E-state index in [-0.39, 0.29) is 37.7 Å². The SMILES string of the molecule is NCC(=O)OCCCCCS(=O)(=O)NCCc1cc(OCC2CC2)ccc1F. The summed E-state index contributed by atoms with van der Waals surface area (Å²) in [5, 5.41) is 0. The number of benzene rings is 1. The molecule has 0 atom stereocenters. The zero-order valence-electron chi connectivity index (χ0n) is 16.0. The van der Waals surface area contributed by atoms with Gasteiger partial charge in [-0.3, -0.25) is 4.79 Å². The summed E-state index contributed by atoms with van der Waals surface area (Å²) in [7, 11) is -3.43. The van der Waals surface area contributed by atoms with Gasteiger partial charge in [-0.1, -0.05) is 0 Å². The van der Waals surface area contributed by atoms with Crippen LogP contribution in [0.4, 0.5) is 4.39 Å². The van der Waals surface area contributed by atoms with Gasteiger partial charge < -0.3 is 15.2 Å². The summed E-state index contributed by atoms with van der Waals surface area (Å²) in [5.74, 6) is 0.355. The number of sulfonamides is 1. The van der Waals surface area contributed by atoms with Crippen molar-refractivity contribution in [2.45, 2.75) is 38.5 Å². The molecule has 1 aliphatic carbocycles. The largest absolute Gasteiger partial charge is 0.493 e. The van der Waals surface area contributed by atoms with Crippen molar-refractivity contribution in [3.8, 4) is 5.75 Å². The molecule has 158 valence electrons. The van der Waals surface area contributed by atoms with Crippen LogP contribution in [0.15, 0.2) is 18.2 Å². The predicted molar refractivity (Wildman–Crippen MR) is 104 cm³/mol. The van der Waals surface area contributed by atoms with Crippen LogP contribution >= 0.6 is 0 Å². The average Bonchev–Trinajstić information content (AvgIpc) is 3.49. The third-order valence-corrected chi connectivity index (χ3v) is 5.87. The highest BCUT2D eigenvalue weighted by atomic mass is 32.2. The van der Waals surface area contributed by atoms with Gasteiger partial charge >= 0.3 is 5.97 Å². The van der Waals surface area contributed by atoms with Crippen molar-refractivity contribution >= 4 is 16.0 Å². The molecule has 0 radical (unpaired) electrons. The van der Waals surface area contributed by atoms with Gasteiger partial charge in [-0.05, 0) is 68.2 Å². The Labute approximate surface area is 165 Å². The van der Waals surface area contributed by atoms with Crippen LogP contribution in [-0.2, 0) is 26.0 Å². The van der Waals surface area contributed by atoms with Gasteiger partial charge in [0, 0.05) is 6.54 Å². The zero-order valence-corrected chi connectivity index (χ0v) is 16.8. The Morgan fingerprint density at radius 3 is 2.75 bits per heavy atom. The van der Waals surface area contributed by atoms with E-state index in [1.54, 1.807) is 12.1 Å². The predicted octanol–water partition coefficient (Wildman–Crippen LogP) is 1.75. The third-order valence-electron chi connectivity index (χ3n) is 4.40. The standard InChI is InChI=1S/C19H29FN2O5S/c20-18-7-6-17(27-14-15-4-5-15)12-16(18)8-9-22-28(24,25)11-3-1-2-10-26-19(23)13-21/h6-7,12,15,22H,1-5,8-11,13-14,21H2. The van der Waals surface area contributed by atoms with Crippen LogP contribution in [0.1, 0.15) is 37.7 Å². The maximum Gasteiger partial charge on any atom is 0.319 e. The molecule has 7 nitrogen and oxygen atoms in total. The summed E-state index contributed by atoms with van der Waals surface area (Å²) in [6.07, 6.45) is 4.26. The number of nitrogens with two attached hydrogens (primary N) is 1. The molecular weight excluding hydrogens is 387 g/mol. The number of hydrogen-bond donors (Lipinski definition) is 2. The summed E-state index contributed by atoms with van der Waals surface area (Å²) in [4.78, 5) is 10.9. The van der Waals surface area contributed by atoms with Crippen molar-refractivity contribution in [1.29, 1.82) is 0 Å². The van der Waals surface area contributed by atoms with Gasteiger partial charge in [0.05, 0.1) is 25.5 Å². The number of rotatable bonds is 14. The summed E-state index contributed by atoms with van der Waals surface area (Å²) in [6, 6.07) is 4.58. The zero-order chi connectivity index (χ0) is 20.4. The number of hydrogen-bond acceptors (Lipinski definition) is 6. The van der Waals surface area contributed by atoms with Crippen LogP contribution in [0.25, 0.3) is 0 Å². The molecule has 0 aromatic heterocycles. The molecule has 1 aromatic carbocycles. The van der Waals surface area contributed by atoms with E-state index >= 15 is 0 Å². The fraction of sp³-hybridized carbons (Fsp3) is 0.632. The number of ether oxygens (including phenoxy) is 2. The number of carbonyl (C=O) groups excluding carboxylic acids is 1. The Hall–Kier alpha value is -1.71. The van der Waals surface area contributed by atoms with E-state index in [0.717, 1.165) is 0 Å². The molecule has 0 bridgehead atoms. The molecule has 0 spiro atoms. The van der Waals surface area contributed by atoms with Crippen LogP contribution in [0.2, 0.25) is 0 Å². The second kappa shape index (κ2) is 11.3. The van der Waals surface area contributed by atoms with Crippen molar-refractivity contribution in [2.24, 2.45) is 11.7 Å². The molecule has 1 saturated carbocycles. The van der Waals surface area contributed by atoms with Gasteiger partial charge in [-0.2, -0.15) is 0 Å². The molecule has 1 aromatic rings. The van der Waals surface area contributed by atoms with Crippen LogP contribution in [-0.4, -0.2) is 46.4 Å². The molecule has 0 heterocycles. The molecule has 0 aliphatic heterocycles. The minimum absolute atomic E-state index is 0.0230. The first-order valence-electron chi connectivity index (χ1n) is 9.64. The Morgan fingerprint density at radius 2 is 2.04 bits per heavy atom. The Morgan fingerprint density at radius 1 is 1.25 bits per heavy atom. The van der Waals surface area contributed by atoms with E-state index in [9.17, 15) is 17.6 Å². The monoisotopic (exact) mass is 416 g/mol. The minimum atomic E-state index is -3.43. The van der Waals surface area contributed by atoms with Gasteiger partial charge in [0.1, 0.15) is 11.6 Å². The normalized spacial score (nSPS) is 14.1. The fourth-order valence-electron chi connectivity index (χ4n) is 2.56. The molecule has 0 saturated heterocycles. The smallest absolute Gasteiger partial charge is 0.319 e. The molecular formula is C19H29FN2O5S. The average molecular weight is 417 g/mol.